The van der Waals surface area contributed by atoms with Crippen molar-refractivity contribution in [2.45, 2.75) is 12.6 Å². The standard InChI is InChI=1S/C13H18N2O3/c1-14(2)7-10-3-5-11(6-4-10)18-12-8-15(9-12)13(16)17/h3-6,12H,7-9H2,1-2H3,(H,16,17). The van der Waals surface area contributed by atoms with E-state index >= 15 is 0 Å². The Morgan fingerprint density at radius 2 is 2.00 bits per heavy atom. The van der Waals surface area contributed by atoms with Gasteiger partial charge in [0.05, 0.1) is 13.1 Å². The molecule has 1 N–H and O–H groups in total. The number of carbonyl (C=O) groups is 1. The van der Waals surface area contributed by atoms with E-state index in [4.69, 9.17) is 9.84 Å². The molecule has 2 rings (SSSR count). The second-order valence-corrected chi connectivity index (χ2v) is 4.81. The molecule has 1 aromatic carbocycles. The van der Waals surface area contributed by atoms with Crippen LogP contribution in [0.3, 0.4) is 0 Å². The van der Waals surface area contributed by atoms with E-state index in [-0.39, 0.29) is 6.10 Å². The lowest BCUT2D eigenvalue weighted by Crippen LogP contribution is -2.55. The Morgan fingerprint density at radius 1 is 1.39 bits per heavy atom. The van der Waals surface area contributed by atoms with Crippen LogP contribution in [0, 0.1) is 0 Å². The van der Waals surface area contributed by atoms with Gasteiger partial charge >= 0.3 is 6.09 Å². The fourth-order valence-corrected chi connectivity index (χ4v) is 1.90. The minimum absolute atomic E-state index is 0.0131. The van der Waals surface area contributed by atoms with Gasteiger partial charge in [0.15, 0.2) is 0 Å². The number of likely N-dealkylation sites (tertiary alicyclic amines) is 1. The molecule has 0 radical (unpaired) electrons. The molecule has 18 heavy (non-hydrogen) atoms. The van der Waals surface area contributed by atoms with Crippen LogP contribution in [-0.2, 0) is 6.54 Å². The van der Waals surface area contributed by atoms with E-state index in [0.29, 0.717) is 13.1 Å². The monoisotopic (exact) mass is 250 g/mol. The summed E-state index contributed by atoms with van der Waals surface area (Å²) in [7, 11) is 4.05. The molecule has 0 atom stereocenters. The third-order valence-electron chi connectivity index (χ3n) is 2.84. The van der Waals surface area contributed by atoms with E-state index in [9.17, 15) is 4.79 Å². The lowest BCUT2D eigenvalue weighted by molar-refractivity contribution is 0.0252. The first-order valence-corrected chi connectivity index (χ1v) is 5.93. The Hall–Kier alpha value is -1.75. The van der Waals surface area contributed by atoms with Crippen molar-refractivity contribution in [2.75, 3.05) is 27.2 Å². The summed E-state index contributed by atoms with van der Waals surface area (Å²) in [5, 5.41) is 8.70. The van der Waals surface area contributed by atoms with Crippen LogP contribution in [0.15, 0.2) is 24.3 Å². The summed E-state index contributed by atoms with van der Waals surface area (Å²) in [5.41, 5.74) is 1.23. The molecular weight excluding hydrogens is 232 g/mol. The summed E-state index contributed by atoms with van der Waals surface area (Å²) in [6.07, 6.45) is -0.892. The van der Waals surface area contributed by atoms with E-state index in [1.807, 2.05) is 38.4 Å². The fraction of sp³-hybridized carbons (Fsp3) is 0.462. The molecule has 1 saturated heterocycles. The minimum atomic E-state index is -0.879. The number of amides is 1. The van der Waals surface area contributed by atoms with E-state index in [0.717, 1.165) is 12.3 Å². The Morgan fingerprint density at radius 3 is 2.50 bits per heavy atom. The van der Waals surface area contributed by atoms with Crippen LogP contribution in [0.1, 0.15) is 5.56 Å². The molecule has 0 unspecified atom stereocenters. The predicted molar refractivity (Wildman–Crippen MR) is 67.8 cm³/mol. The molecular formula is C13H18N2O3. The van der Waals surface area contributed by atoms with Crippen molar-refractivity contribution >= 4 is 6.09 Å². The highest BCUT2D eigenvalue weighted by Gasteiger charge is 2.31. The molecule has 1 amide bonds. The molecule has 1 fully saturated rings. The first kappa shape index (κ1) is 12.7. The normalized spacial score (nSPS) is 15.6. The third-order valence-corrected chi connectivity index (χ3v) is 2.84. The maximum atomic E-state index is 10.6. The zero-order chi connectivity index (χ0) is 13.1. The van der Waals surface area contributed by atoms with Crippen molar-refractivity contribution in [2.24, 2.45) is 0 Å². The fourth-order valence-electron chi connectivity index (χ4n) is 1.90. The van der Waals surface area contributed by atoms with Crippen LogP contribution in [0.5, 0.6) is 5.75 Å². The number of ether oxygens (including phenoxy) is 1. The van der Waals surface area contributed by atoms with E-state index in [1.165, 1.54) is 10.5 Å². The van der Waals surface area contributed by atoms with Gasteiger partial charge in [0.25, 0.3) is 0 Å². The Kier molecular flexibility index (Phi) is 3.72. The number of benzene rings is 1. The lowest BCUT2D eigenvalue weighted by atomic mass is 10.1. The van der Waals surface area contributed by atoms with Gasteiger partial charge in [0, 0.05) is 6.54 Å². The highest BCUT2D eigenvalue weighted by Crippen LogP contribution is 2.19. The van der Waals surface area contributed by atoms with Crippen molar-refractivity contribution in [3.05, 3.63) is 29.8 Å². The maximum Gasteiger partial charge on any atom is 0.407 e. The molecule has 1 aliphatic heterocycles. The molecule has 0 saturated carbocycles. The summed E-state index contributed by atoms with van der Waals surface area (Å²) in [6.45, 7) is 1.81. The molecule has 98 valence electrons. The van der Waals surface area contributed by atoms with E-state index in [1.54, 1.807) is 0 Å². The van der Waals surface area contributed by atoms with Crippen LogP contribution in [-0.4, -0.2) is 54.3 Å². The first-order chi connectivity index (χ1) is 8.54. The quantitative estimate of drug-likeness (QED) is 0.879. The van der Waals surface area contributed by atoms with Crippen molar-refractivity contribution < 1.29 is 14.6 Å². The Labute approximate surface area is 107 Å². The minimum Gasteiger partial charge on any atom is -0.487 e. The molecule has 0 bridgehead atoms. The molecule has 1 aromatic rings. The molecule has 0 spiro atoms. The number of rotatable bonds is 4. The average Bonchev–Trinajstić information content (AvgIpc) is 2.23. The smallest absolute Gasteiger partial charge is 0.407 e. The average molecular weight is 250 g/mol. The van der Waals surface area contributed by atoms with Gasteiger partial charge in [0.1, 0.15) is 11.9 Å². The predicted octanol–water partition coefficient (Wildman–Crippen LogP) is 1.49. The number of nitrogens with zero attached hydrogens (tertiary/aromatic N) is 2. The van der Waals surface area contributed by atoms with Gasteiger partial charge in [0.2, 0.25) is 0 Å². The van der Waals surface area contributed by atoms with Crippen LogP contribution >= 0.6 is 0 Å². The van der Waals surface area contributed by atoms with Crippen LogP contribution in [0.2, 0.25) is 0 Å². The van der Waals surface area contributed by atoms with E-state index < -0.39 is 6.09 Å². The number of hydrogen-bond donors (Lipinski definition) is 1. The Bertz CT molecular complexity index is 411. The largest absolute Gasteiger partial charge is 0.487 e. The molecule has 1 aliphatic rings. The summed E-state index contributed by atoms with van der Waals surface area (Å²) in [5.74, 6) is 0.799. The molecule has 0 aromatic heterocycles. The summed E-state index contributed by atoms with van der Waals surface area (Å²) < 4.78 is 5.67. The number of hydrogen-bond acceptors (Lipinski definition) is 3. The Balaban J connectivity index is 1.82. The van der Waals surface area contributed by atoms with Crippen LogP contribution in [0.4, 0.5) is 4.79 Å². The number of carboxylic acid groups (broad SMARTS) is 1. The zero-order valence-corrected chi connectivity index (χ0v) is 10.7. The van der Waals surface area contributed by atoms with Crippen molar-refractivity contribution in [1.82, 2.24) is 9.80 Å². The van der Waals surface area contributed by atoms with Gasteiger partial charge in [-0.3, -0.25) is 0 Å². The first-order valence-electron chi connectivity index (χ1n) is 5.93. The summed E-state index contributed by atoms with van der Waals surface area (Å²) in [4.78, 5) is 14.0. The van der Waals surface area contributed by atoms with Crippen molar-refractivity contribution in [1.29, 1.82) is 0 Å². The van der Waals surface area contributed by atoms with Gasteiger partial charge < -0.3 is 19.6 Å². The second kappa shape index (κ2) is 5.27. The maximum absolute atomic E-state index is 10.6. The molecule has 5 heteroatoms. The highest BCUT2D eigenvalue weighted by molar-refractivity contribution is 5.66. The second-order valence-electron chi connectivity index (χ2n) is 4.81. The topological polar surface area (TPSA) is 53.0 Å². The summed E-state index contributed by atoms with van der Waals surface area (Å²) >= 11 is 0. The van der Waals surface area contributed by atoms with Crippen molar-refractivity contribution in [3.63, 3.8) is 0 Å². The molecule has 5 nitrogen and oxygen atoms in total. The zero-order valence-electron chi connectivity index (χ0n) is 10.7. The third kappa shape index (κ3) is 3.13. The van der Waals surface area contributed by atoms with Gasteiger partial charge in [-0.15, -0.1) is 0 Å². The van der Waals surface area contributed by atoms with Crippen molar-refractivity contribution in [3.8, 4) is 5.75 Å². The van der Waals surface area contributed by atoms with E-state index in [2.05, 4.69) is 4.90 Å². The molecule has 0 aliphatic carbocycles. The van der Waals surface area contributed by atoms with Gasteiger partial charge in [-0.25, -0.2) is 4.79 Å². The van der Waals surface area contributed by atoms with Crippen LogP contribution in [0.25, 0.3) is 0 Å². The van der Waals surface area contributed by atoms with Gasteiger partial charge in [-0.05, 0) is 31.8 Å². The SMILES string of the molecule is CN(C)Cc1ccc(OC2CN(C(=O)O)C2)cc1. The highest BCUT2D eigenvalue weighted by atomic mass is 16.5. The van der Waals surface area contributed by atoms with Gasteiger partial charge in [-0.1, -0.05) is 12.1 Å². The lowest BCUT2D eigenvalue weighted by Gasteiger charge is -2.36. The van der Waals surface area contributed by atoms with Gasteiger partial charge in [-0.2, -0.15) is 0 Å². The van der Waals surface area contributed by atoms with Crippen LogP contribution < -0.4 is 4.74 Å². The molecule has 1 heterocycles. The summed E-state index contributed by atoms with van der Waals surface area (Å²) in [6, 6.07) is 7.93.